The Morgan fingerprint density at radius 1 is 1.54 bits per heavy atom. The van der Waals surface area contributed by atoms with Gasteiger partial charge in [-0.15, -0.1) is 0 Å². The van der Waals surface area contributed by atoms with E-state index >= 15 is 0 Å². The summed E-state index contributed by atoms with van der Waals surface area (Å²) in [6.07, 6.45) is -1.04. The predicted octanol–water partition coefficient (Wildman–Crippen LogP) is 1.94. The van der Waals surface area contributed by atoms with Crippen molar-refractivity contribution in [2.45, 2.75) is 6.43 Å². The molecule has 0 radical (unpaired) electrons. The Balaban J connectivity index is 2.71. The van der Waals surface area contributed by atoms with Crippen molar-refractivity contribution in [2.75, 3.05) is 18.5 Å². The summed E-state index contributed by atoms with van der Waals surface area (Å²) in [5.41, 5.74) is 0. The number of hydrogen-bond acceptors (Lipinski definition) is 3. The monoisotopic (exact) mass is 251 g/mol. The van der Waals surface area contributed by atoms with Crippen LogP contribution in [-0.2, 0) is 0 Å². The van der Waals surface area contributed by atoms with Crippen LogP contribution in [0.1, 0.15) is 0 Å². The maximum Gasteiger partial charge on any atom is 0.255 e. The number of alkyl halides is 2. The van der Waals surface area contributed by atoms with Gasteiger partial charge in [0.2, 0.25) is 0 Å². The van der Waals surface area contributed by atoms with E-state index < -0.39 is 6.43 Å². The molecule has 1 heterocycles. The second kappa shape index (κ2) is 4.45. The van der Waals surface area contributed by atoms with E-state index in [0.717, 1.165) is 0 Å². The number of halogens is 3. The van der Waals surface area contributed by atoms with Crippen LogP contribution in [0.15, 0.2) is 17.0 Å². The first-order chi connectivity index (χ1) is 6.09. The molecule has 72 valence electrons. The van der Waals surface area contributed by atoms with Gasteiger partial charge in [-0.05, 0) is 15.9 Å². The lowest BCUT2D eigenvalue weighted by Crippen LogP contribution is -2.24. The third-order valence-electron chi connectivity index (χ3n) is 1.42. The first-order valence-electron chi connectivity index (χ1n) is 3.56. The summed E-state index contributed by atoms with van der Waals surface area (Å²) in [5, 5.41) is 0. The Morgan fingerprint density at radius 2 is 2.23 bits per heavy atom. The molecule has 0 saturated heterocycles. The summed E-state index contributed by atoms with van der Waals surface area (Å²) >= 11 is 3.13. The van der Waals surface area contributed by atoms with Crippen molar-refractivity contribution in [3.63, 3.8) is 0 Å². The average molecular weight is 252 g/mol. The molecule has 0 aromatic carbocycles. The third kappa shape index (κ3) is 3.22. The summed E-state index contributed by atoms with van der Waals surface area (Å²) in [4.78, 5) is 9.01. The highest BCUT2D eigenvalue weighted by molar-refractivity contribution is 9.10. The molecule has 0 fully saturated rings. The number of hydrogen-bond donors (Lipinski definition) is 0. The second-order valence-corrected chi connectivity index (χ2v) is 3.28. The molecular formula is C7H8BrF2N3. The van der Waals surface area contributed by atoms with Gasteiger partial charge in [0.05, 0.1) is 6.54 Å². The summed E-state index contributed by atoms with van der Waals surface area (Å²) < 4.78 is 24.5. The minimum absolute atomic E-state index is 0.330. The van der Waals surface area contributed by atoms with Crippen molar-refractivity contribution >= 4 is 21.7 Å². The standard InChI is InChI=1S/C7H8BrF2N3/c1-13(3-6(9)10)7-2-5(8)11-4-12-7/h2,4,6H,3H2,1H3. The van der Waals surface area contributed by atoms with Gasteiger partial charge in [-0.1, -0.05) is 0 Å². The van der Waals surface area contributed by atoms with E-state index in [1.165, 1.54) is 11.2 Å². The molecular weight excluding hydrogens is 244 g/mol. The van der Waals surface area contributed by atoms with Crippen LogP contribution in [0.4, 0.5) is 14.6 Å². The van der Waals surface area contributed by atoms with Crippen LogP contribution in [0.5, 0.6) is 0 Å². The number of anilines is 1. The van der Waals surface area contributed by atoms with Crippen LogP contribution in [0.25, 0.3) is 0 Å². The van der Waals surface area contributed by atoms with Gasteiger partial charge in [-0.3, -0.25) is 0 Å². The molecule has 0 aliphatic heterocycles. The van der Waals surface area contributed by atoms with Gasteiger partial charge in [0, 0.05) is 13.1 Å². The van der Waals surface area contributed by atoms with Gasteiger partial charge in [0.25, 0.3) is 6.43 Å². The molecule has 1 aromatic heterocycles. The van der Waals surface area contributed by atoms with Crippen molar-refractivity contribution in [1.29, 1.82) is 0 Å². The van der Waals surface area contributed by atoms with Crippen molar-refractivity contribution in [1.82, 2.24) is 9.97 Å². The van der Waals surface area contributed by atoms with Crippen molar-refractivity contribution in [2.24, 2.45) is 0 Å². The van der Waals surface area contributed by atoms with E-state index in [2.05, 4.69) is 25.9 Å². The average Bonchev–Trinajstić information content (AvgIpc) is 2.03. The molecule has 1 aromatic rings. The largest absolute Gasteiger partial charge is 0.354 e. The van der Waals surface area contributed by atoms with Crippen LogP contribution < -0.4 is 4.90 Å². The zero-order chi connectivity index (χ0) is 9.84. The first-order valence-corrected chi connectivity index (χ1v) is 4.35. The highest BCUT2D eigenvalue weighted by Crippen LogP contribution is 2.13. The van der Waals surface area contributed by atoms with Crippen LogP contribution in [-0.4, -0.2) is 30.0 Å². The molecule has 0 aliphatic carbocycles. The first kappa shape index (κ1) is 10.3. The van der Waals surface area contributed by atoms with Crippen LogP contribution in [0.2, 0.25) is 0 Å². The molecule has 0 saturated carbocycles. The fraction of sp³-hybridized carbons (Fsp3) is 0.429. The number of aromatic nitrogens is 2. The van der Waals surface area contributed by atoms with Crippen molar-refractivity contribution in [3.05, 3.63) is 17.0 Å². The second-order valence-electron chi connectivity index (χ2n) is 2.47. The lowest BCUT2D eigenvalue weighted by atomic mass is 10.5. The molecule has 0 unspecified atom stereocenters. The molecule has 0 bridgehead atoms. The lowest BCUT2D eigenvalue weighted by Gasteiger charge is -2.16. The Hall–Kier alpha value is -0.780. The van der Waals surface area contributed by atoms with E-state index in [4.69, 9.17) is 0 Å². The smallest absolute Gasteiger partial charge is 0.255 e. The normalized spacial score (nSPS) is 10.5. The van der Waals surface area contributed by atoms with Crippen LogP contribution >= 0.6 is 15.9 Å². The summed E-state index contributed by atoms with van der Waals surface area (Å²) in [6.45, 7) is -0.330. The maximum atomic E-state index is 12.0. The van der Waals surface area contributed by atoms with Gasteiger partial charge in [0.15, 0.2) is 0 Å². The highest BCUT2D eigenvalue weighted by Gasteiger charge is 2.09. The van der Waals surface area contributed by atoms with Gasteiger partial charge < -0.3 is 4.90 Å². The summed E-state index contributed by atoms with van der Waals surface area (Å²) in [7, 11) is 1.56. The number of nitrogens with zero attached hydrogens (tertiary/aromatic N) is 3. The molecule has 1 rings (SSSR count). The van der Waals surface area contributed by atoms with Gasteiger partial charge in [-0.25, -0.2) is 18.7 Å². The fourth-order valence-corrected chi connectivity index (χ4v) is 1.13. The minimum Gasteiger partial charge on any atom is -0.354 e. The quantitative estimate of drug-likeness (QED) is 0.770. The van der Waals surface area contributed by atoms with E-state index in [9.17, 15) is 8.78 Å². The molecule has 3 nitrogen and oxygen atoms in total. The Labute approximate surface area is 82.9 Å². The maximum absolute atomic E-state index is 12.0. The number of rotatable bonds is 3. The SMILES string of the molecule is CN(CC(F)F)c1cc(Br)ncn1. The zero-order valence-electron chi connectivity index (χ0n) is 6.91. The molecule has 13 heavy (non-hydrogen) atoms. The molecule has 0 spiro atoms. The Bertz CT molecular complexity index is 282. The van der Waals surface area contributed by atoms with E-state index in [-0.39, 0.29) is 6.54 Å². The van der Waals surface area contributed by atoms with Crippen molar-refractivity contribution < 1.29 is 8.78 Å². The van der Waals surface area contributed by atoms with Crippen LogP contribution in [0.3, 0.4) is 0 Å². The molecule has 0 aliphatic rings. The summed E-state index contributed by atoms with van der Waals surface area (Å²) in [6, 6.07) is 1.59. The third-order valence-corrected chi connectivity index (χ3v) is 1.86. The Kier molecular flexibility index (Phi) is 3.53. The lowest BCUT2D eigenvalue weighted by molar-refractivity contribution is 0.156. The zero-order valence-corrected chi connectivity index (χ0v) is 8.50. The molecule has 6 heteroatoms. The topological polar surface area (TPSA) is 29.0 Å². The molecule has 0 amide bonds. The van der Waals surface area contributed by atoms with Gasteiger partial charge in [-0.2, -0.15) is 0 Å². The summed E-state index contributed by atoms with van der Waals surface area (Å²) in [5.74, 6) is 0.474. The molecule has 0 N–H and O–H groups in total. The van der Waals surface area contributed by atoms with Crippen LogP contribution in [0, 0.1) is 0 Å². The van der Waals surface area contributed by atoms with Crippen molar-refractivity contribution in [3.8, 4) is 0 Å². The fourth-order valence-electron chi connectivity index (χ4n) is 0.834. The van der Waals surface area contributed by atoms with E-state index in [1.54, 1.807) is 13.1 Å². The minimum atomic E-state index is -2.36. The Morgan fingerprint density at radius 3 is 2.77 bits per heavy atom. The van der Waals surface area contributed by atoms with Gasteiger partial charge in [0.1, 0.15) is 16.7 Å². The highest BCUT2D eigenvalue weighted by atomic mass is 79.9. The van der Waals surface area contributed by atoms with E-state index in [0.29, 0.717) is 10.4 Å². The predicted molar refractivity (Wildman–Crippen MR) is 49.0 cm³/mol. The van der Waals surface area contributed by atoms with Gasteiger partial charge >= 0.3 is 0 Å². The van der Waals surface area contributed by atoms with E-state index in [1.807, 2.05) is 0 Å². The molecule has 0 atom stereocenters.